The van der Waals surface area contributed by atoms with Gasteiger partial charge in [0.15, 0.2) is 0 Å². The summed E-state index contributed by atoms with van der Waals surface area (Å²) in [6, 6.07) is 13.6. The van der Waals surface area contributed by atoms with Gasteiger partial charge in [0, 0.05) is 38.1 Å². The van der Waals surface area contributed by atoms with E-state index in [4.69, 9.17) is 19.2 Å². The molecular weight excluding hydrogens is 382 g/mol. The second-order valence-corrected chi connectivity index (χ2v) is 7.25. The van der Waals surface area contributed by atoms with Gasteiger partial charge in [-0.3, -0.25) is 4.79 Å². The third kappa shape index (κ3) is 3.73. The Morgan fingerprint density at radius 3 is 2.73 bits per heavy atom. The maximum atomic E-state index is 13.0. The summed E-state index contributed by atoms with van der Waals surface area (Å²) in [4.78, 5) is 19.6. The molecule has 1 aliphatic heterocycles. The first-order valence-corrected chi connectivity index (χ1v) is 10.2. The zero-order valence-corrected chi connectivity index (χ0v) is 17.6. The van der Waals surface area contributed by atoms with E-state index in [1.165, 1.54) is 0 Å². The van der Waals surface area contributed by atoms with E-state index in [0.29, 0.717) is 44.2 Å². The minimum absolute atomic E-state index is 0.0116. The zero-order chi connectivity index (χ0) is 21.1. The number of amides is 1. The lowest BCUT2D eigenvalue weighted by Crippen LogP contribution is -2.25. The number of aromatic nitrogens is 2. The van der Waals surface area contributed by atoms with E-state index in [1.807, 2.05) is 43.3 Å². The standard InChI is InChI=1S/C23H27N3O4/c1-4-30-12-11-25-19-8-6-5-7-18(19)24-23(25)16-13-22(27)26(15-16)20-14-17(28-2)9-10-21(20)29-3/h5-10,14,16H,4,11-13,15H2,1-3H3/t16-/m1/s1. The first-order chi connectivity index (χ1) is 14.7. The van der Waals surface area contributed by atoms with Crippen molar-refractivity contribution in [3.8, 4) is 11.5 Å². The molecule has 0 radical (unpaired) electrons. The monoisotopic (exact) mass is 409 g/mol. The maximum Gasteiger partial charge on any atom is 0.227 e. The predicted octanol–water partition coefficient (Wildman–Crippen LogP) is 3.61. The largest absolute Gasteiger partial charge is 0.497 e. The van der Waals surface area contributed by atoms with Crippen LogP contribution < -0.4 is 14.4 Å². The molecule has 1 fully saturated rings. The molecule has 7 nitrogen and oxygen atoms in total. The lowest BCUT2D eigenvalue weighted by molar-refractivity contribution is -0.117. The fourth-order valence-electron chi connectivity index (χ4n) is 4.06. The van der Waals surface area contributed by atoms with Crippen molar-refractivity contribution in [3.05, 3.63) is 48.3 Å². The van der Waals surface area contributed by atoms with Crippen LogP contribution in [0.2, 0.25) is 0 Å². The van der Waals surface area contributed by atoms with Crippen LogP contribution >= 0.6 is 0 Å². The molecule has 30 heavy (non-hydrogen) atoms. The van der Waals surface area contributed by atoms with Crippen molar-refractivity contribution in [1.29, 1.82) is 0 Å². The molecule has 1 atom stereocenters. The van der Waals surface area contributed by atoms with Gasteiger partial charge in [0.05, 0.1) is 37.5 Å². The molecule has 1 amide bonds. The van der Waals surface area contributed by atoms with E-state index in [1.54, 1.807) is 19.1 Å². The van der Waals surface area contributed by atoms with E-state index < -0.39 is 0 Å². The average molecular weight is 409 g/mol. The Morgan fingerprint density at radius 2 is 1.97 bits per heavy atom. The van der Waals surface area contributed by atoms with Gasteiger partial charge in [0.25, 0.3) is 0 Å². The van der Waals surface area contributed by atoms with Crippen LogP contribution in [0.1, 0.15) is 25.1 Å². The molecule has 158 valence electrons. The molecule has 1 aromatic heterocycles. The van der Waals surface area contributed by atoms with Crippen molar-refractivity contribution in [2.24, 2.45) is 0 Å². The van der Waals surface area contributed by atoms with Crippen molar-refractivity contribution < 1.29 is 19.0 Å². The third-order valence-electron chi connectivity index (χ3n) is 5.51. The quantitative estimate of drug-likeness (QED) is 0.532. The highest BCUT2D eigenvalue weighted by atomic mass is 16.5. The van der Waals surface area contributed by atoms with Gasteiger partial charge in [0.1, 0.15) is 17.3 Å². The van der Waals surface area contributed by atoms with Crippen molar-refractivity contribution in [3.63, 3.8) is 0 Å². The summed E-state index contributed by atoms with van der Waals surface area (Å²) >= 11 is 0. The molecule has 1 aliphatic rings. The zero-order valence-electron chi connectivity index (χ0n) is 17.6. The number of hydrogen-bond donors (Lipinski definition) is 0. The summed E-state index contributed by atoms with van der Waals surface area (Å²) in [6.07, 6.45) is 0.401. The highest BCUT2D eigenvalue weighted by Gasteiger charge is 2.36. The molecule has 2 aromatic carbocycles. The predicted molar refractivity (Wildman–Crippen MR) is 115 cm³/mol. The minimum Gasteiger partial charge on any atom is -0.497 e. The molecule has 0 bridgehead atoms. The molecule has 7 heteroatoms. The summed E-state index contributed by atoms with van der Waals surface area (Å²) in [5.74, 6) is 2.30. The van der Waals surface area contributed by atoms with Gasteiger partial charge in [-0.1, -0.05) is 12.1 Å². The topological polar surface area (TPSA) is 65.8 Å². The minimum atomic E-state index is -0.0116. The summed E-state index contributed by atoms with van der Waals surface area (Å²) in [6.45, 7) is 4.52. The average Bonchev–Trinajstić information content (AvgIpc) is 3.34. The van der Waals surface area contributed by atoms with E-state index in [0.717, 1.165) is 22.5 Å². The van der Waals surface area contributed by atoms with Crippen molar-refractivity contribution in [2.45, 2.75) is 25.8 Å². The number of nitrogens with zero attached hydrogens (tertiary/aromatic N) is 3. The number of ether oxygens (including phenoxy) is 3. The fourth-order valence-corrected chi connectivity index (χ4v) is 4.06. The van der Waals surface area contributed by atoms with E-state index in [2.05, 4.69) is 10.6 Å². The molecule has 0 unspecified atom stereocenters. The maximum absolute atomic E-state index is 13.0. The van der Waals surface area contributed by atoms with Gasteiger partial charge in [-0.2, -0.15) is 0 Å². The number of carbonyl (C=O) groups is 1. The van der Waals surface area contributed by atoms with Crippen LogP contribution in [0.25, 0.3) is 11.0 Å². The second-order valence-electron chi connectivity index (χ2n) is 7.25. The highest BCUT2D eigenvalue weighted by molar-refractivity contribution is 5.98. The van der Waals surface area contributed by atoms with Crippen LogP contribution in [0.15, 0.2) is 42.5 Å². The Hall–Kier alpha value is -3.06. The van der Waals surface area contributed by atoms with Gasteiger partial charge in [-0.05, 0) is 31.2 Å². The van der Waals surface area contributed by atoms with Crippen molar-refractivity contribution in [2.75, 3.05) is 38.9 Å². The first-order valence-electron chi connectivity index (χ1n) is 10.2. The number of carbonyl (C=O) groups excluding carboxylic acids is 1. The number of methoxy groups -OCH3 is 2. The van der Waals surface area contributed by atoms with Gasteiger partial charge in [-0.15, -0.1) is 0 Å². The Balaban J connectivity index is 1.68. The number of benzene rings is 2. The van der Waals surface area contributed by atoms with Gasteiger partial charge in [-0.25, -0.2) is 4.98 Å². The number of rotatable bonds is 8. The molecule has 2 heterocycles. The molecule has 0 N–H and O–H groups in total. The van der Waals surface area contributed by atoms with Crippen LogP contribution in [-0.4, -0.2) is 49.4 Å². The number of fused-ring (bicyclic) bond motifs is 1. The molecule has 0 spiro atoms. The van der Waals surface area contributed by atoms with Gasteiger partial charge < -0.3 is 23.7 Å². The summed E-state index contributed by atoms with van der Waals surface area (Å²) in [5, 5.41) is 0. The molecular formula is C23H27N3O4. The summed E-state index contributed by atoms with van der Waals surface area (Å²) in [7, 11) is 3.22. The van der Waals surface area contributed by atoms with E-state index in [-0.39, 0.29) is 11.8 Å². The molecule has 1 saturated heterocycles. The number of imidazole rings is 1. The van der Waals surface area contributed by atoms with Gasteiger partial charge in [0.2, 0.25) is 5.91 Å². The highest BCUT2D eigenvalue weighted by Crippen LogP contribution is 2.39. The number of para-hydroxylation sites is 2. The van der Waals surface area contributed by atoms with Crippen LogP contribution in [0.5, 0.6) is 11.5 Å². The number of hydrogen-bond acceptors (Lipinski definition) is 5. The van der Waals surface area contributed by atoms with Crippen molar-refractivity contribution in [1.82, 2.24) is 9.55 Å². The Kier molecular flexibility index (Phi) is 5.90. The molecule has 4 rings (SSSR count). The summed E-state index contributed by atoms with van der Waals surface area (Å²) < 4.78 is 18.6. The van der Waals surface area contributed by atoms with E-state index >= 15 is 0 Å². The summed E-state index contributed by atoms with van der Waals surface area (Å²) in [5.41, 5.74) is 2.73. The van der Waals surface area contributed by atoms with Crippen LogP contribution in [0.4, 0.5) is 5.69 Å². The van der Waals surface area contributed by atoms with Crippen molar-refractivity contribution >= 4 is 22.6 Å². The Labute approximate surface area is 176 Å². The van der Waals surface area contributed by atoms with Crippen LogP contribution in [0, 0.1) is 0 Å². The van der Waals surface area contributed by atoms with E-state index in [9.17, 15) is 4.79 Å². The third-order valence-corrected chi connectivity index (χ3v) is 5.51. The molecule has 0 saturated carbocycles. The van der Waals surface area contributed by atoms with Crippen LogP contribution in [-0.2, 0) is 16.1 Å². The fraction of sp³-hybridized carbons (Fsp3) is 0.391. The Morgan fingerprint density at radius 1 is 1.13 bits per heavy atom. The smallest absolute Gasteiger partial charge is 0.227 e. The van der Waals surface area contributed by atoms with Gasteiger partial charge >= 0.3 is 0 Å². The SMILES string of the molecule is CCOCCn1c([C@@H]2CC(=O)N(c3cc(OC)ccc3OC)C2)nc2ccccc21. The lowest BCUT2D eigenvalue weighted by Gasteiger charge is -2.20. The second kappa shape index (κ2) is 8.75. The number of anilines is 1. The normalized spacial score (nSPS) is 16.4. The first kappa shape index (κ1) is 20.2. The Bertz CT molecular complexity index is 1050. The molecule has 3 aromatic rings. The molecule has 0 aliphatic carbocycles. The van der Waals surface area contributed by atoms with Crippen LogP contribution in [0.3, 0.4) is 0 Å². The lowest BCUT2D eigenvalue weighted by atomic mass is 10.1.